The minimum atomic E-state index is -0.208. The highest BCUT2D eigenvalue weighted by Gasteiger charge is 2.10. The molecule has 0 fully saturated rings. The number of halogens is 1. The SMILES string of the molecule is CC(C#N)CNC(=O)c1ncc(I)s1. The van der Waals surface area contributed by atoms with Crippen molar-refractivity contribution in [2.45, 2.75) is 6.92 Å². The molecule has 14 heavy (non-hydrogen) atoms. The summed E-state index contributed by atoms with van der Waals surface area (Å²) >= 11 is 3.44. The molecule has 74 valence electrons. The molecular formula is C8H8IN3OS. The summed E-state index contributed by atoms with van der Waals surface area (Å²) in [6, 6.07) is 2.04. The van der Waals surface area contributed by atoms with Crippen molar-refractivity contribution in [1.29, 1.82) is 5.26 Å². The van der Waals surface area contributed by atoms with Crippen LogP contribution in [0.3, 0.4) is 0 Å². The molecule has 1 amide bonds. The lowest BCUT2D eigenvalue weighted by atomic mass is 10.2. The molecule has 0 aromatic carbocycles. The highest BCUT2D eigenvalue weighted by atomic mass is 127. The smallest absolute Gasteiger partial charge is 0.280 e. The van der Waals surface area contributed by atoms with Crippen molar-refractivity contribution < 1.29 is 4.79 Å². The van der Waals surface area contributed by atoms with Crippen molar-refractivity contribution in [3.63, 3.8) is 0 Å². The van der Waals surface area contributed by atoms with E-state index in [-0.39, 0.29) is 11.8 Å². The van der Waals surface area contributed by atoms with Crippen LogP contribution in [-0.4, -0.2) is 17.4 Å². The van der Waals surface area contributed by atoms with E-state index in [1.165, 1.54) is 11.3 Å². The van der Waals surface area contributed by atoms with E-state index in [9.17, 15) is 4.79 Å². The number of hydrogen-bond donors (Lipinski definition) is 1. The number of amides is 1. The monoisotopic (exact) mass is 321 g/mol. The molecule has 0 aliphatic rings. The van der Waals surface area contributed by atoms with Gasteiger partial charge in [-0.25, -0.2) is 4.98 Å². The van der Waals surface area contributed by atoms with Crippen LogP contribution in [0.5, 0.6) is 0 Å². The molecule has 0 aliphatic heterocycles. The lowest BCUT2D eigenvalue weighted by Crippen LogP contribution is -2.27. The number of nitrogens with zero attached hydrogens (tertiary/aromatic N) is 2. The van der Waals surface area contributed by atoms with Gasteiger partial charge >= 0.3 is 0 Å². The zero-order valence-corrected chi connectivity index (χ0v) is 10.4. The fourth-order valence-corrected chi connectivity index (χ4v) is 2.05. The van der Waals surface area contributed by atoms with Gasteiger partial charge in [0.1, 0.15) is 0 Å². The van der Waals surface area contributed by atoms with E-state index in [1.807, 2.05) is 6.07 Å². The number of aromatic nitrogens is 1. The van der Waals surface area contributed by atoms with Crippen LogP contribution in [0.2, 0.25) is 0 Å². The predicted molar refractivity (Wildman–Crippen MR) is 61.9 cm³/mol. The van der Waals surface area contributed by atoms with Gasteiger partial charge in [0, 0.05) is 6.54 Å². The third kappa shape index (κ3) is 3.23. The highest BCUT2D eigenvalue weighted by Crippen LogP contribution is 2.14. The highest BCUT2D eigenvalue weighted by molar-refractivity contribution is 14.1. The molecule has 0 saturated heterocycles. The summed E-state index contributed by atoms with van der Waals surface area (Å²) in [6.45, 7) is 2.12. The van der Waals surface area contributed by atoms with Crippen LogP contribution in [0.1, 0.15) is 16.7 Å². The van der Waals surface area contributed by atoms with Crippen LogP contribution in [-0.2, 0) is 0 Å². The maximum Gasteiger partial charge on any atom is 0.280 e. The molecule has 4 nitrogen and oxygen atoms in total. The van der Waals surface area contributed by atoms with Crippen LogP contribution in [0.15, 0.2) is 6.20 Å². The zero-order chi connectivity index (χ0) is 10.6. The zero-order valence-electron chi connectivity index (χ0n) is 7.45. The van der Waals surface area contributed by atoms with Gasteiger partial charge in [-0.05, 0) is 29.5 Å². The molecule has 1 unspecified atom stereocenters. The van der Waals surface area contributed by atoms with E-state index < -0.39 is 0 Å². The summed E-state index contributed by atoms with van der Waals surface area (Å²) in [5, 5.41) is 11.6. The molecule has 0 aliphatic carbocycles. The third-order valence-corrected chi connectivity index (χ3v) is 3.18. The van der Waals surface area contributed by atoms with E-state index in [1.54, 1.807) is 13.1 Å². The maximum atomic E-state index is 11.4. The summed E-state index contributed by atoms with van der Waals surface area (Å²) in [5.41, 5.74) is 0. The molecule has 1 atom stereocenters. The molecule has 1 heterocycles. The Morgan fingerprint density at radius 1 is 1.93 bits per heavy atom. The summed E-state index contributed by atoms with van der Waals surface area (Å²) in [5.74, 6) is -0.377. The van der Waals surface area contributed by atoms with Gasteiger partial charge in [-0.3, -0.25) is 4.79 Å². The summed E-state index contributed by atoms with van der Waals surface area (Å²) in [7, 11) is 0. The molecule has 1 rings (SSSR count). The minimum Gasteiger partial charge on any atom is -0.349 e. The van der Waals surface area contributed by atoms with Crippen molar-refractivity contribution in [3.05, 3.63) is 14.1 Å². The van der Waals surface area contributed by atoms with Gasteiger partial charge in [0.2, 0.25) is 0 Å². The molecule has 1 N–H and O–H groups in total. The van der Waals surface area contributed by atoms with Crippen molar-refractivity contribution in [3.8, 4) is 6.07 Å². The molecule has 0 radical (unpaired) electrons. The maximum absolute atomic E-state index is 11.4. The first-order valence-corrected chi connectivity index (χ1v) is 5.82. The lowest BCUT2D eigenvalue weighted by molar-refractivity contribution is 0.0950. The van der Waals surface area contributed by atoms with Crippen molar-refractivity contribution >= 4 is 39.8 Å². The van der Waals surface area contributed by atoms with Crippen molar-refractivity contribution in [2.24, 2.45) is 5.92 Å². The Morgan fingerprint density at radius 3 is 3.14 bits per heavy atom. The fraction of sp³-hybridized carbons (Fsp3) is 0.375. The summed E-state index contributed by atoms with van der Waals surface area (Å²) < 4.78 is 0.973. The van der Waals surface area contributed by atoms with Gasteiger partial charge in [0.05, 0.1) is 21.1 Å². The van der Waals surface area contributed by atoms with Gasteiger partial charge < -0.3 is 5.32 Å². The van der Waals surface area contributed by atoms with Crippen molar-refractivity contribution in [2.75, 3.05) is 6.54 Å². The Balaban J connectivity index is 2.48. The summed E-state index contributed by atoms with van der Waals surface area (Å²) in [4.78, 5) is 15.3. The Hall–Kier alpha value is -0.680. The topological polar surface area (TPSA) is 65.8 Å². The van der Waals surface area contributed by atoms with Gasteiger partial charge in [-0.15, -0.1) is 11.3 Å². The number of rotatable bonds is 3. The van der Waals surface area contributed by atoms with E-state index in [2.05, 4.69) is 32.9 Å². The lowest BCUT2D eigenvalue weighted by Gasteiger charge is -2.02. The van der Waals surface area contributed by atoms with E-state index in [4.69, 9.17) is 5.26 Å². The van der Waals surface area contributed by atoms with Gasteiger partial charge in [0.15, 0.2) is 5.01 Å². The Labute approximate surface area is 99.5 Å². The van der Waals surface area contributed by atoms with Gasteiger partial charge in [0.25, 0.3) is 5.91 Å². The Bertz CT molecular complexity index is 371. The van der Waals surface area contributed by atoms with Crippen LogP contribution in [0.4, 0.5) is 0 Å². The van der Waals surface area contributed by atoms with Crippen LogP contribution in [0, 0.1) is 20.1 Å². The van der Waals surface area contributed by atoms with Crippen molar-refractivity contribution in [1.82, 2.24) is 10.3 Å². The average Bonchev–Trinajstić information content (AvgIpc) is 2.60. The normalized spacial score (nSPS) is 11.8. The van der Waals surface area contributed by atoms with E-state index in [0.29, 0.717) is 11.6 Å². The average molecular weight is 321 g/mol. The quantitative estimate of drug-likeness (QED) is 0.861. The number of thiazole rings is 1. The second-order valence-electron chi connectivity index (χ2n) is 2.71. The van der Waals surface area contributed by atoms with Crippen LogP contribution >= 0.6 is 33.9 Å². The fourth-order valence-electron chi connectivity index (χ4n) is 0.726. The standard InChI is InChI=1S/C8H8IN3OS/c1-5(2-10)3-11-7(13)8-12-4-6(9)14-8/h4-5H,3H2,1H3,(H,11,13). The number of nitrogens with one attached hydrogen (secondary N) is 1. The number of carbonyl (C=O) groups excluding carboxylic acids is 1. The number of carbonyl (C=O) groups is 1. The number of hydrogen-bond acceptors (Lipinski definition) is 4. The first kappa shape index (κ1) is 11.4. The molecular weight excluding hydrogens is 313 g/mol. The van der Waals surface area contributed by atoms with E-state index >= 15 is 0 Å². The van der Waals surface area contributed by atoms with Crippen LogP contribution < -0.4 is 5.32 Å². The van der Waals surface area contributed by atoms with E-state index in [0.717, 1.165) is 2.88 Å². The van der Waals surface area contributed by atoms with Crippen LogP contribution in [0.25, 0.3) is 0 Å². The first-order valence-electron chi connectivity index (χ1n) is 3.92. The molecule has 0 saturated carbocycles. The molecule has 1 aromatic heterocycles. The first-order chi connectivity index (χ1) is 6.63. The molecule has 6 heteroatoms. The summed E-state index contributed by atoms with van der Waals surface area (Å²) in [6.07, 6.45) is 1.65. The minimum absolute atomic E-state index is 0.169. The second kappa shape index (κ2) is 5.26. The Morgan fingerprint density at radius 2 is 2.64 bits per heavy atom. The number of nitriles is 1. The Kier molecular flexibility index (Phi) is 4.28. The molecule has 0 spiro atoms. The van der Waals surface area contributed by atoms with Gasteiger partial charge in [-0.2, -0.15) is 5.26 Å². The second-order valence-corrected chi connectivity index (χ2v) is 5.63. The van der Waals surface area contributed by atoms with Gasteiger partial charge in [-0.1, -0.05) is 0 Å². The molecule has 0 bridgehead atoms. The largest absolute Gasteiger partial charge is 0.349 e. The predicted octanol–water partition coefficient (Wildman–Crippen LogP) is 1.64. The third-order valence-electron chi connectivity index (χ3n) is 1.46. The molecule has 1 aromatic rings.